The lowest BCUT2D eigenvalue weighted by molar-refractivity contribution is 0.0477. The monoisotopic (exact) mass is 442 g/mol. The summed E-state index contributed by atoms with van der Waals surface area (Å²) in [7, 11) is 0. The quantitative estimate of drug-likeness (QED) is 0.481. The molecule has 0 fully saturated rings. The highest BCUT2D eigenvalue weighted by molar-refractivity contribution is 6.03. The SMILES string of the molecule is CCOC(=O)c1cnc(C(Cc2ccccc2)NC(=O)OC(C)(C)C)cc1C(=O)OCC. The molecule has 32 heavy (non-hydrogen) atoms. The zero-order valence-electron chi connectivity index (χ0n) is 19.1. The van der Waals surface area contributed by atoms with Crippen LogP contribution in [-0.2, 0) is 20.6 Å². The number of carbonyl (C=O) groups excluding carboxylic acids is 3. The van der Waals surface area contributed by atoms with Gasteiger partial charge in [0.2, 0.25) is 0 Å². The van der Waals surface area contributed by atoms with E-state index in [1.165, 1.54) is 12.3 Å². The molecule has 1 amide bonds. The molecular weight excluding hydrogens is 412 g/mol. The molecule has 1 unspecified atom stereocenters. The average Bonchev–Trinajstić information content (AvgIpc) is 2.72. The minimum atomic E-state index is -0.682. The molecule has 0 spiro atoms. The molecule has 1 aromatic carbocycles. The summed E-state index contributed by atoms with van der Waals surface area (Å²) in [6.07, 6.45) is 1.05. The van der Waals surface area contributed by atoms with Crippen LogP contribution in [0.25, 0.3) is 0 Å². The molecule has 0 bridgehead atoms. The van der Waals surface area contributed by atoms with Crippen molar-refractivity contribution >= 4 is 18.0 Å². The van der Waals surface area contributed by atoms with Gasteiger partial charge in [0, 0.05) is 6.20 Å². The number of hydrogen-bond donors (Lipinski definition) is 1. The first-order valence-corrected chi connectivity index (χ1v) is 10.5. The Morgan fingerprint density at radius 1 is 0.969 bits per heavy atom. The molecule has 172 valence electrons. The van der Waals surface area contributed by atoms with Crippen LogP contribution in [0.4, 0.5) is 4.79 Å². The molecule has 0 saturated heterocycles. The predicted molar refractivity (Wildman–Crippen MR) is 118 cm³/mol. The van der Waals surface area contributed by atoms with Crippen molar-refractivity contribution in [3.8, 4) is 0 Å². The lowest BCUT2D eigenvalue weighted by Gasteiger charge is -2.24. The maximum atomic E-state index is 12.5. The number of nitrogens with one attached hydrogen (secondary N) is 1. The van der Waals surface area contributed by atoms with E-state index < -0.39 is 29.7 Å². The van der Waals surface area contributed by atoms with Crippen LogP contribution >= 0.6 is 0 Å². The van der Waals surface area contributed by atoms with Crippen LogP contribution in [0.5, 0.6) is 0 Å². The lowest BCUT2D eigenvalue weighted by Crippen LogP contribution is -2.36. The van der Waals surface area contributed by atoms with E-state index in [9.17, 15) is 14.4 Å². The highest BCUT2D eigenvalue weighted by Gasteiger charge is 2.26. The first kappa shape index (κ1) is 24.8. The molecule has 0 saturated carbocycles. The second-order valence-electron chi connectivity index (χ2n) is 7.98. The van der Waals surface area contributed by atoms with Crippen molar-refractivity contribution in [2.75, 3.05) is 13.2 Å². The van der Waals surface area contributed by atoms with Gasteiger partial charge in [-0.3, -0.25) is 4.98 Å². The van der Waals surface area contributed by atoms with Crippen LogP contribution in [0.1, 0.15) is 72.6 Å². The normalized spacial score (nSPS) is 11.9. The molecule has 1 atom stereocenters. The number of carbonyl (C=O) groups is 3. The number of benzene rings is 1. The maximum absolute atomic E-state index is 12.5. The van der Waals surface area contributed by atoms with Crippen molar-refractivity contribution in [2.24, 2.45) is 0 Å². The summed E-state index contributed by atoms with van der Waals surface area (Å²) in [4.78, 5) is 41.7. The predicted octanol–water partition coefficient (Wildman–Crippen LogP) is 4.24. The number of alkyl carbamates (subject to hydrolysis) is 1. The van der Waals surface area contributed by atoms with Crippen LogP contribution in [0.15, 0.2) is 42.6 Å². The molecule has 1 aromatic heterocycles. The minimum Gasteiger partial charge on any atom is -0.462 e. The van der Waals surface area contributed by atoms with Crippen LogP contribution in [-0.4, -0.2) is 41.8 Å². The molecule has 1 N–H and O–H groups in total. The molecule has 2 aromatic rings. The van der Waals surface area contributed by atoms with Gasteiger partial charge in [-0.15, -0.1) is 0 Å². The van der Waals surface area contributed by atoms with Crippen molar-refractivity contribution in [3.63, 3.8) is 0 Å². The summed E-state index contributed by atoms with van der Waals surface area (Å²) in [5.74, 6) is -1.34. The van der Waals surface area contributed by atoms with E-state index in [4.69, 9.17) is 14.2 Å². The first-order valence-electron chi connectivity index (χ1n) is 10.5. The Bertz CT molecular complexity index is 937. The van der Waals surface area contributed by atoms with Gasteiger partial charge in [-0.1, -0.05) is 30.3 Å². The topological polar surface area (TPSA) is 104 Å². The second-order valence-corrected chi connectivity index (χ2v) is 7.98. The van der Waals surface area contributed by atoms with Crippen LogP contribution < -0.4 is 5.32 Å². The number of hydrogen-bond acceptors (Lipinski definition) is 7. The molecule has 0 aliphatic carbocycles. The van der Waals surface area contributed by atoms with Gasteiger partial charge >= 0.3 is 18.0 Å². The fourth-order valence-electron chi connectivity index (χ4n) is 2.94. The number of rotatable bonds is 8. The van der Waals surface area contributed by atoms with Gasteiger partial charge < -0.3 is 19.5 Å². The zero-order chi connectivity index (χ0) is 23.7. The largest absolute Gasteiger partial charge is 0.462 e. The number of ether oxygens (including phenoxy) is 3. The van der Waals surface area contributed by atoms with E-state index >= 15 is 0 Å². The van der Waals surface area contributed by atoms with Crippen LogP contribution in [0.2, 0.25) is 0 Å². The third-order valence-corrected chi connectivity index (χ3v) is 4.25. The summed E-state index contributed by atoms with van der Waals surface area (Å²) in [6.45, 7) is 8.94. The van der Waals surface area contributed by atoms with Crippen LogP contribution in [0, 0.1) is 0 Å². The highest BCUT2D eigenvalue weighted by Crippen LogP contribution is 2.22. The Labute approximate surface area is 188 Å². The Hall–Kier alpha value is -3.42. The molecule has 8 nitrogen and oxygen atoms in total. The lowest BCUT2D eigenvalue weighted by atomic mass is 10.00. The Balaban J connectivity index is 2.45. The highest BCUT2D eigenvalue weighted by atomic mass is 16.6. The van der Waals surface area contributed by atoms with E-state index in [1.54, 1.807) is 34.6 Å². The van der Waals surface area contributed by atoms with E-state index in [0.29, 0.717) is 12.1 Å². The fraction of sp³-hybridized carbons (Fsp3) is 0.417. The van der Waals surface area contributed by atoms with Gasteiger partial charge in [0.15, 0.2) is 0 Å². The summed E-state index contributed by atoms with van der Waals surface area (Å²) in [5.41, 5.74) is 0.682. The van der Waals surface area contributed by atoms with Gasteiger partial charge in [0.1, 0.15) is 5.60 Å². The van der Waals surface area contributed by atoms with E-state index in [1.807, 2.05) is 30.3 Å². The molecule has 0 aliphatic rings. The Kier molecular flexibility index (Phi) is 8.75. The number of pyridine rings is 1. The van der Waals surface area contributed by atoms with Crippen molar-refractivity contribution in [1.29, 1.82) is 0 Å². The number of esters is 2. The van der Waals surface area contributed by atoms with E-state index in [-0.39, 0.29) is 24.3 Å². The number of amides is 1. The Morgan fingerprint density at radius 2 is 1.56 bits per heavy atom. The van der Waals surface area contributed by atoms with Gasteiger partial charge in [0.05, 0.1) is 36.1 Å². The van der Waals surface area contributed by atoms with Crippen molar-refractivity contribution < 1.29 is 28.6 Å². The molecule has 0 radical (unpaired) electrons. The summed E-state index contributed by atoms with van der Waals surface area (Å²) in [6, 6.07) is 10.4. The smallest absolute Gasteiger partial charge is 0.408 e. The van der Waals surface area contributed by atoms with Crippen LogP contribution in [0.3, 0.4) is 0 Å². The maximum Gasteiger partial charge on any atom is 0.408 e. The molecule has 0 aliphatic heterocycles. The minimum absolute atomic E-state index is 0.00443. The third kappa shape index (κ3) is 7.37. The first-order chi connectivity index (χ1) is 15.1. The van der Waals surface area contributed by atoms with E-state index in [0.717, 1.165) is 5.56 Å². The zero-order valence-corrected chi connectivity index (χ0v) is 19.1. The van der Waals surface area contributed by atoms with Gasteiger partial charge in [0.25, 0.3) is 0 Å². The molecular formula is C24H30N2O6. The standard InChI is InChI=1S/C24H30N2O6/c1-6-30-21(27)17-14-19(25-15-18(17)22(28)31-7-2)20(13-16-11-9-8-10-12-16)26-23(29)32-24(3,4)5/h8-12,14-15,20H,6-7,13H2,1-5H3,(H,26,29). The fourth-order valence-corrected chi connectivity index (χ4v) is 2.94. The Morgan fingerprint density at radius 3 is 2.12 bits per heavy atom. The second kappa shape index (κ2) is 11.3. The molecule has 8 heteroatoms. The van der Waals surface area contributed by atoms with Gasteiger partial charge in [-0.2, -0.15) is 0 Å². The molecule has 1 heterocycles. The average molecular weight is 443 g/mol. The van der Waals surface area contributed by atoms with E-state index in [2.05, 4.69) is 10.3 Å². The molecule has 2 rings (SSSR count). The third-order valence-electron chi connectivity index (χ3n) is 4.25. The van der Waals surface area contributed by atoms with Crippen molar-refractivity contribution in [3.05, 3.63) is 65.0 Å². The number of nitrogens with zero attached hydrogens (tertiary/aromatic N) is 1. The van der Waals surface area contributed by atoms with Crippen molar-refractivity contribution in [1.82, 2.24) is 10.3 Å². The van der Waals surface area contributed by atoms with Gasteiger partial charge in [-0.25, -0.2) is 14.4 Å². The number of aromatic nitrogens is 1. The van der Waals surface area contributed by atoms with Crippen molar-refractivity contribution in [2.45, 2.75) is 52.7 Å². The van der Waals surface area contributed by atoms with Gasteiger partial charge in [-0.05, 0) is 52.7 Å². The summed E-state index contributed by atoms with van der Waals surface area (Å²) >= 11 is 0. The summed E-state index contributed by atoms with van der Waals surface area (Å²) in [5, 5.41) is 2.82. The summed E-state index contributed by atoms with van der Waals surface area (Å²) < 4.78 is 15.5.